The first-order valence-corrected chi connectivity index (χ1v) is 11.5. The number of nitrogens with two attached hydrogens (primary N) is 1. The number of ether oxygens (including phenoxy) is 1. The second kappa shape index (κ2) is 10.4. The minimum atomic E-state index is -3.85. The quantitative estimate of drug-likeness (QED) is 0.513. The van der Waals surface area contributed by atoms with Crippen LogP contribution < -0.4 is 15.8 Å². The molecule has 0 aromatic heterocycles. The number of anilines is 1. The van der Waals surface area contributed by atoms with E-state index < -0.39 is 40.0 Å². The molecule has 0 heterocycles. The van der Waals surface area contributed by atoms with Crippen molar-refractivity contribution in [2.24, 2.45) is 11.1 Å². The molecule has 0 fully saturated rings. The van der Waals surface area contributed by atoms with Crippen molar-refractivity contribution >= 4 is 33.5 Å². The van der Waals surface area contributed by atoms with Gasteiger partial charge in [-0.05, 0) is 55.7 Å². The highest BCUT2D eigenvalue weighted by Crippen LogP contribution is 2.14. The van der Waals surface area contributed by atoms with Gasteiger partial charge in [0.2, 0.25) is 10.0 Å². The zero-order valence-electron chi connectivity index (χ0n) is 18.3. The number of carbonyl (C=O) groups is 3. The fourth-order valence-corrected chi connectivity index (χ4v) is 3.33. The summed E-state index contributed by atoms with van der Waals surface area (Å²) < 4.78 is 27.9. The van der Waals surface area contributed by atoms with Crippen LogP contribution in [0.1, 0.15) is 36.7 Å². The van der Waals surface area contributed by atoms with Crippen molar-refractivity contribution in [2.45, 2.75) is 44.7 Å². The molecule has 0 aliphatic rings. The number of sulfonamides is 1. The topological polar surface area (TPSA) is 145 Å². The summed E-state index contributed by atoms with van der Waals surface area (Å²) in [6.07, 6.45) is -1.16. The molecule has 2 atom stereocenters. The number of esters is 1. The van der Waals surface area contributed by atoms with E-state index in [2.05, 4.69) is 10.6 Å². The first-order valence-electron chi connectivity index (χ1n) is 9.91. The molecule has 0 radical (unpaired) electrons. The number of carbonyl (C=O) groups excluding carboxylic acids is 3. The van der Waals surface area contributed by atoms with Gasteiger partial charge >= 0.3 is 5.97 Å². The van der Waals surface area contributed by atoms with Crippen LogP contribution in [-0.2, 0) is 24.3 Å². The predicted molar refractivity (Wildman–Crippen MR) is 119 cm³/mol. The van der Waals surface area contributed by atoms with Gasteiger partial charge in [0.15, 0.2) is 6.10 Å². The summed E-state index contributed by atoms with van der Waals surface area (Å²) in [7, 11) is -3.85. The highest BCUT2D eigenvalue weighted by atomic mass is 32.2. The van der Waals surface area contributed by atoms with E-state index in [9.17, 15) is 22.8 Å². The Hall–Kier alpha value is -3.24. The second-order valence-electron chi connectivity index (χ2n) is 7.65. The van der Waals surface area contributed by atoms with Gasteiger partial charge in [0.05, 0.1) is 4.90 Å². The Balaban J connectivity index is 2.02. The number of aryl methyl sites for hydroxylation is 1. The number of rotatable bonds is 8. The second-order valence-corrected chi connectivity index (χ2v) is 9.21. The molecule has 32 heavy (non-hydrogen) atoms. The first kappa shape index (κ1) is 25.0. The lowest BCUT2D eigenvalue weighted by Gasteiger charge is -2.23. The third-order valence-electron chi connectivity index (χ3n) is 4.71. The van der Waals surface area contributed by atoms with E-state index in [1.807, 2.05) is 6.07 Å². The van der Waals surface area contributed by atoms with E-state index in [4.69, 9.17) is 9.88 Å². The first-order chi connectivity index (χ1) is 14.9. The summed E-state index contributed by atoms with van der Waals surface area (Å²) in [6, 6.07) is 11.3. The Morgan fingerprint density at radius 1 is 0.969 bits per heavy atom. The van der Waals surface area contributed by atoms with Crippen LogP contribution in [0.5, 0.6) is 0 Å². The molecule has 10 heteroatoms. The third-order valence-corrected chi connectivity index (χ3v) is 5.64. The number of hydrogen-bond donors (Lipinski definition) is 3. The largest absolute Gasteiger partial charge is 0.451 e. The van der Waals surface area contributed by atoms with Crippen LogP contribution >= 0.6 is 0 Å². The number of primary sulfonamides is 1. The van der Waals surface area contributed by atoms with Gasteiger partial charge in [-0.3, -0.25) is 9.59 Å². The van der Waals surface area contributed by atoms with Crippen LogP contribution in [0, 0.1) is 12.8 Å². The van der Waals surface area contributed by atoms with Crippen molar-refractivity contribution in [1.82, 2.24) is 5.32 Å². The van der Waals surface area contributed by atoms with Crippen molar-refractivity contribution in [1.29, 1.82) is 0 Å². The molecule has 2 rings (SSSR count). The van der Waals surface area contributed by atoms with E-state index in [0.29, 0.717) is 11.3 Å². The SMILES string of the molecule is Cc1ccccc1C(=O)NC(C(=O)OC(C)C(=O)Nc1ccc(S(N)(=O)=O)cc1)C(C)C. The number of benzene rings is 2. The molecule has 0 spiro atoms. The number of amides is 2. The molecule has 9 nitrogen and oxygen atoms in total. The van der Waals surface area contributed by atoms with Crippen molar-refractivity contribution < 1.29 is 27.5 Å². The van der Waals surface area contributed by atoms with Crippen LogP contribution in [0.15, 0.2) is 53.4 Å². The van der Waals surface area contributed by atoms with Gasteiger partial charge in [-0.15, -0.1) is 0 Å². The lowest BCUT2D eigenvalue weighted by Crippen LogP contribution is -2.47. The van der Waals surface area contributed by atoms with Crippen LogP contribution in [-0.4, -0.2) is 38.3 Å². The van der Waals surface area contributed by atoms with Crippen molar-refractivity contribution in [3.63, 3.8) is 0 Å². The van der Waals surface area contributed by atoms with Crippen LogP contribution in [0.2, 0.25) is 0 Å². The van der Waals surface area contributed by atoms with Gasteiger partial charge in [-0.1, -0.05) is 32.0 Å². The van der Waals surface area contributed by atoms with E-state index in [-0.39, 0.29) is 10.8 Å². The minimum absolute atomic E-state index is 0.0980. The molecule has 2 unspecified atom stereocenters. The smallest absolute Gasteiger partial charge is 0.329 e. The van der Waals surface area contributed by atoms with Gasteiger partial charge < -0.3 is 15.4 Å². The van der Waals surface area contributed by atoms with Crippen molar-refractivity contribution in [2.75, 3.05) is 5.32 Å². The molecule has 2 amide bonds. The third kappa shape index (κ3) is 6.63. The Bertz CT molecular complexity index is 1100. The van der Waals surface area contributed by atoms with E-state index >= 15 is 0 Å². The molecule has 2 aromatic rings. The van der Waals surface area contributed by atoms with Gasteiger partial charge in [0.1, 0.15) is 6.04 Å². The summed E-state index contributed by atoms with van der Waals surface area (Å²) in [6.45, 7) is 6.69. The molecule has 0 bridgehead atoms. The average molecular weight is 462 g/mol. The summed E-state index contributed by atoms with van der Waals surface area (Å²) in [5.41, 5.74) is 1.51. The fourth-order valence-electron chi connectivity index (χ4n) is 2.82. The Labute approximate surface area is 187 Å². The van der Waals surface area contributed by atoms with Gasteiger partial charge in [-0.25, -0.2) is 18.4 Å². The maximum Gasteiger partial charge on any atom is 0.329 e. The Kier molecular flexibility index (Phi) is 8.12. The molecule has 172 valence electrons. The Morgan fingerprint density at radius 3 is 2.09 bits per heavy atom. The number of nitrogens with one attached hydrogen (secondary N) is 2. The highest BCUT2D eigenvalue weighted by Gasteiger charge is 2.29. The van der Waals surface area contributed by atoms with E-state index in [1.165, 1.54) is 31.2 Å². The van der Waals surface area contributed by atoms with Gasteiger partial charge in [0.25, 0.3) is 11.8 Å². The van der Waals surface area contributed by atoms with Crippen LogP contribution in [0.3, 0.4) is 0 Å². The van der Waals surface area contributed by atoms with Crippen LogP contribution in [0.25, 0.3) is 0 Å². The standard InChI is InChI=1S/C22H27N3O6S/c1-13(2)19(25-21(27)18-8-6-5-7-14(18)3)22(28)31-15(4)20(26)24-16-9-11-17(12-10-16)32(23,29)30/h5-13,15,19H,1-4H3,(H,24,26)(H,25,27)(H2,23,29,30). The molecule has 0 saturated carbocycles. The molecule has 0 aliphatic heterocycles. The van der Waals surface area contributed by atoms with Crippen LogP contribution in [0.4, 0.5) is 5.69 Å². The van der Waals surface area contributed by atoms with E-state index in [0.717, 1.165) is 5.56 Å². The summed E-state index contributed by atoms with van der Waals surface area (Å²) >= 11 is 0. The maximum absolute atomic E-state index is 12.7. The number of hydrogen-bond acceptors (Lipinski definition) is 6. The normalized spacial score (nSPS) is 13.2. The highest BCUT2D eigenvalue weighted by molar-refractivity contribution is 7.89. The molecular formula is C22H27N3O6S. The lowest BCUT2D eigenvalue weighted by atomic mass is 10.0. The molecule has 0 aliphatic carbocycles. The zero-order valence-corrected chi connectivity index (χ0v) is 19.1. The maximum atomic E-state index is 12.7. The van der Waals surface area contributed by atoms with Crippen molar-refractivity contribution in [3.8, 4) is 0 Å². The molecular weight excluding hydrogens is 434 g/mol. The fraction of sp³-hybridized carbons (Fsp3) is 0.318. The molecule has 2 aromatic carbocycles. The Morgan fingerprint density at radius 2 is 1.56 bits per heavy atom. The molecule has 0 saturated heterocycles. The minimum Gasteiger partial charge on any atom is -0.451 e. The summed E-state index contributed by atoms with van der Waals surface area (Å²) in [4.78, 5) is 37.5. The summed E-state index contributed by atoms with van der Waals surface area (Å²) in [5.74, 6) is -2.05. The van der Waals surface area contributed by atoms with E-state index in [1.54, 1.807) is 39.0 Å². The molecule has 4 N–H and O–H groups in total. The monoisotopic (exact) mass is 461 g/mol. The average Bonchev–Trinajstić information content (AvgIpc) is 2.71. The van der Waals surface area contributed by atoms with Gasteiger partial charge in [0, 0.05) is 11.3 Å². The van der Waals surface area contributed by atoms with Crippen molar-refractivity contribution in [3.05, 3.63) is 59.7 Å². The van der Waals surface area contributed by atoms with Gasteiger partial charge in [-0.2, -0.15) is 0 Å². The zero-order chi connectivity index (χ0) is 24.1. The summed E-state index contributed by atoms with van der Waals surface area (Å²) in [5, 5.41) is 10.2. The lowest BCUT2D eigenvalue weighted by molar-refractivity contribution is -0.156. The predicted octanol–water partition coefficient (Wildman–Crippen LogP) is 1.97.